The Hall–Kier alpha value is 0.320. The van der Waals surface area contributed by atoms with E-state index in [4.69, 9.17) is 23.2 Å². The van der Waals surface area contributed by atoms with Crippen molar-refractivity contribution in [2.75, 3.05) is 0 Å². The molecule has 0 aromatic rings. The Morgan fingerprint density at radius 3 is 1.80 bits per heavy atom. The lowest BCUT2D eigenvalue weighted by Gasteiger charge is -2.08. The van der Waals surface area contributed by atoms with Crippen molar-refractivity contribution in [2.24, 2.45) is 11.3 Å². The highest BCUT2D eigenvalue weighted by Gasteiger charge is 2.69. The molecule has 10 heavy (non-hydrogen) atoms. The van der Waals surface area contributed by atoms with E-state index in [-0.39, 0.29) is 10.3 Å². The van der Waals surface area contributed by atoms with Crippen LogP contribution < -0.4 is 0 Å². The summed E-state index contributed by atoms with van der Waals surface area (Å²) in [4.78, 5) is -0.353. The molecule has 0 amide bonds. The van der Waals surface area contributed by atoms with Crippen LogP contribution >= 0.6 is 23.2 Å². The first-order valence-corrected chi connectivity index (χ1v) is 4.14. The summed E-state index contributed by atoms with van der Waals surface area (Å²) in [5, 5.41) is 0.576. The summed E-state index contributed by atoms with van der Waals surface area (Å²) >= 11 is 12.0. The van der Waals surface area contributed by atoms with Crippen molar-refractivity contribution in [1.29, 1.82) is 0 Å². The minimum atomic E-state index is -0.353. The van der Waals surface area contributed by atoms with Gasteiger partial charge in [0.05, 0.1) is 4.87 Å². The van der Waals surface area contributed by atoms with Gasteiger partial charge in [-0.3, -0.25) is 0 Å². The van der Waals surface area contributed by atoms with Crippen LogP contribution in [0.25, 0.3) is 0 Å². The third-order valence-electron chi connectivity index (χ3n) is 2.93. The normalized spacial score (nSPS) is 43.1. The van der Waals surface area contributed by atoms with Crippen molar-refractivity contribution < 1.29 is 0 Å². The zero-order chi connectivity index (χ0) is 8.15. The summed E-state index contributed by atoms with van der Waals surface area (Å²) in [5.41, 5.74) is 0.118. The average molecular weight is 179 g/mol. The molecule has 0 bridgehead atoms. The minimum absolute atomic E-state index is 0.118. The molecule has 1 saturated carbocycles. The molecule has 0 heterocycles. The van der Waals surface area contributed by atoms with E-state index in [2.05, 4.69) is 27.4 Å². The Morgan fingerprint density at radius 1 is 1.50 bits per heavy atom. The van der Waals surface area contributed by atoms with Gasteiger partial charge < -0.3 is 0 Å². The number of hydrogen-bond donors (Lipinski definition) is 0. The molecule has 0 radical (unpaired) electrons. The first-order chi connectivity index (χ1) is 4.35. The molecule has 0 N–H and O–H groups in total. The Morgan fingerprint density at radius 2 is 1.80 bits per heavy atom. The summed E-state index contributed by atoms with van der Waals surface area (Å²) in [6.07, 6.45) is 0. The molecule has 58 valence electrons. The van der Waals surface area contributed by atoms with E-state index in [9.17, 15) is 0 Å². The first-order valence-electron chi connectivity index (χ1n) is 3.39. The molecule has 0 aliphatic heterocycles. The standard InChI is InChI=1S/C8H12Cl2/c1-5-7(3,4)8(5,10)6(2)9/h5H,2H2,1,3-4H3. The third-order valence-corrected chi connectivity index (χ3v) is 4.37. The fourth-order valence-corrected chi connectivity index (χ4v) is 2.33. The zero-order valence-electron chi connectivity index (χ0n) is 6.54. The van der Waals surface area contributed by atoms with E-state index in [0.29, 0.717) is 11.0 Å². The van der Waals surface area contributed by atoms with Crippen molar-refractivity contribution in [3.05, 3.63) is 11.6 Å². The molecular weight excluding hydrogens is 167 g/mol. The largest absolute Gasteiger partial charge is 0.112 e. The van der Waals surface area contributed by atoms with E-state index < -0.39 is 0 Å². The molecule has 1 rings (SSSR count). The molecule has 0 aromatic heterocycles. The van der Waals surface area contributed by atoms with Gasteiger partial charge in [-0.05, 0) is 11.3 Å². The smallest absolute Gasteiger partial charge is 0.0879 e. The molecule has 0 spiro atoms. The maximum Gasteiger partial charge on any atom is 0.0879 e. The topological polar surface area (TPSA) is 0 Å². The Balaban J connectivity index is 2.88. The van der Waals surface area contributed by atoms with Crippen molar-refractivity contribution in [1.82, 2.24) is 0 Å². The van der Waals surface area contributed by atoms with Crippen LogP contribution in [0.4, 0.5) is 0 Å². The number of hydrogen-bond acceptors (Lipinski definition) is 0. The maximum atomic E-state index is 6.19. The van der Waals surface area contributed by atoms with Crippen molar-refractivity contribution in [2.45, 2.75) is 25.6 Å². The second-order valence-corrected chi connectivity index (χ2v) is 4.61. The highest BCUT2D eigenvalue weighted by Crippen LogP contribution is 2.69. The van der Waals surface area contributed by atoms with Crippen LogP contribution in [0.1, 0.15) is 20.8 Å². The minimum Gasteiger partial charge on any atom is -0.112 e. The maximum absolute atomic E-state index is 6.19. The Bertz CT molecular complexity index is 184. The van der Waals surface area contributed by atoms with E-state index in [1.54, 1.807) is 0 Å². The highest BCUT2D eigenvalue weighted by atomic mass is 35.5. The van der Waals surface area contributed by atoms with Crippen molar-refractivity contribution in [3.63, 3.8) is 0 Å². The van der Waals surface area contributed by atoms with Crippen LogP contribution in [-0.4, -0.2) is 4.87 Å². The predicted molar refractivity (Wildman–Crippen MR) is 46.5 cm³/mol. The molecule has 2 unspecified atom stereocenters. The molecule has 1 aliphatic rings. The van der Waals surface area contributed by atoms with Crippen LogP contribution in [0.3, 0.4) is 0 Å². The van der Waals surface area contributed by atoms with Gasteiger partial charge in [-0.2, -0.15) is 0 Å². The molecule has 0 nitrogen and oxygen atoms in total. The second-order valence-electron chi connectivity index (χ2n) is 3.56. The Labute approximate surface area is 72.2 Å². The third kappa shape index (κ3) is 0.695. The van der Waals surface area contributed by atoms with Gasteiger partial charge in [0.25, 0.3) is 0 Å². The quantitative estimate of drug-likeness (QED) is 0.541. The number of halogens is 2. The van der Waals surface area contributed by atoms with Gasteiger partial charge in [0.1, 0.15) is 0 Å². The average Bonchev–Trinajstić information content (AvgIpc) is 2.16. The van der Waals surface area contributed by atoms with Crippen LogP contribution in [0.2, 0.25) is 0 Å². The number of rotatable bonds is 1. The van der Waals surface area contributed by atoms with Gasteiger partial charge in [0.15, 0.2) is 0 Å². The first kappa shape index (κ1) is 8.42. The van der Waals surface area contributed by atoms with Crippen LogP contribution in [-0.2, 0) is 0 Å². The lowest BCUT2D eigenvalue weighted by atomic mass is 10.1. The predicted octanol–water partition coefficient (Wildman–Crippen LogP) is 3.39. The summed E-state index contributed by atoms with van der Waals surface area (Å²) in [6, 6.07) is 0. The van der Waals surface area contributed by atoms with Gasteiger partial charge in [0.2, 0.25) is 0 Å². The van der Waals surface area contributed by atoms with Crippen LogP contribution in [0, 0.1) is 11.3 Å². The lowest BCUT2D eigenvalue weighted by Crippen LogP contribution is -2.07. The monoisotopic (exact) mass is 178 g/mol. The molecular formula is C8H12Cl2. The highest BCUT2D eigenvalue weighted by molar-refractivity contribution is 6.41. The summed E-state index contributed by atoms with van der Waals surface area (Å²) in [5.74, 6) is 0.437. The van der Waals surface area contributed by atoms with Crippen LogP contribution in [0.15, 0.2) is 11.6 Å². The molecule has 2 heteroatoms. The van der Waals surface area contributed by atoms with Gasteiger partial charge in [0, 0.05) is 5.03 Å². The number of allylic oxidation sites excluding steroid dienone is 1. The molecule has 1 fully saturated rings. The van der Waals surface area contributed by atoms with Gasteiger partial charge in [-0.25, -0.2) is 0 Å². The summed E-state index contributed by atoms with van der Waals surface area (Å²) in [6.45, 7) is 9.98. The van der Waals surface area contributed by atoms with Crippen molar-refractivity contribution in [3.8, 4) is 0 Å². The fraction of sp³-hybridized carbons (Fsp3) is 0.750. The van der Waals surface area contributed by atoms with Crippen molar-refractivity contribution >= 4 is 23.2 Å². The summed E-state index contributed by atoms with van der Waals surface area (Å²) in [7, 11) is 0. The molecule has 0 aromatic carbocycles. The van der Waals surface area contributed by atoms with E-state index in [1.165, 1.54) is 0 Å². The molecule has 2 atom stereocenters. The molecule has 1 aliphatic carbocycles. The van der Waals surface area contributed by atoms with Crippen LogP contribution in [0.5, 0.6) is 0 Å². The van der Waals surface area contributed by atoms with E-state index in [1.807, 2.05) is 0 Å². The van der Waals surface area contributed by atoms with Gasteiger partial charge in [-0.1, -0.05) is 39.0 Å². The number of alkyl halides is 1. The van der Waals surface area contributed by atoms with E-state index in [0.717, 1.165) is 0 Å². The van der Waals surface area contributed by atoms with Gasteiger partial charge >= 0.3 is 0 Å². The fourth-order valence-electron chi connectivity index (χ4n) is 1.54. The van der Waals surface area contributed by atoms with Gasteiger partial charge in [-0.15, -0.1) is 11.6 Å². The van der Waals surface area contributed by atoms with E-state index >= 15 is 0 Å². The second kappa shape index (κ2) is 1.92. The summed E-state index contributed by atoms with van der Waals surface area (Å²) < 4.78 is 0. The Kier molecular flexibility index (Phi) is 1.62. The lowest BCUT2D eigenvalue weighted by molar-refractivity contribution is 0.574. The zero-order valence-corrected chi connectivity index (χ0v) is 8.05. The SMILES string of the molecule is C=C(Cl)C1(Cl)C(C)C1(C)C. The molecule has 0 saturated heterocycles.